The summed E-state index contributed by atoms with van der Waals surface area (Å²) in [5.41, 5.74) is 6.12. The zero-order chi connectivity index (χ0) is 17.1. The number of aromatic nitrogens is 3. The number of Topliss-reactive ketones (excluding diaryl/α,β-unsaturated/α-hetero) is 1. The number of nitrogens with zero attached hydrogens (tertiary/aromatic N) is 2. The van der Waals surface area contributed by atoms with Crippen molar-refractivity contribution in [3.05, 3.63) is 58.2 Å². The van der Waals surface area contributed by atoms with Crippen molar-refractivity contribution in [1.29, 1.82) is 0 Å². The highest BCUT2D eigenvalue weighted by Crippen LogP contribution is 2.52. The average molecular weight is 321 g/mol. The zero-order valence-corrected chi connectivity index (χ0v) is 14.7. The van der Waals surface area contributed by atoms with E-state index >= 15 is 0 Å². The van der Waals surface area contributed by atoms with Gasteiger partial charge in [0.05, 0.1) is 11.1 Å². The lowest BCUT2D eigenvalue weighted by Crippen LogP contribution is -2.41. The minimum atomic E-state index is -0.470. The standard InChI is InChI=1S/C20H23N3O/c1-12-17-15(23-22-12)8-13-9-19(2,3)10-16(24)18(13)20(17,4)14-6-5-7-21-11-14/h5-7,11H,8-10H2,1-4H3,(H,22,23). The molecule has 124 valence electrons. The van der Waals surface area contributed by atoms with Crippen LogP contribution in [0.5, 0.6) is 0 Å². The smallest absolute Gasteiger partial charge is 0.160 e. The van der Waals surface area contributed by atoms with Crippen molar-refractivity contribution in [3.8, 4) is 0 Å². The lowest BCUT2D eigenvalue weighted by Gasteiger charge is -2.43. The Kier molecular flexibility index (Phi) is 3.11. The van der Waals surface area contributed by atoms with Crippen molar-refractivity contribution in [3.63, 3.8) is 0 Å². The molecule has 4 nitrogen and oxygen atoms in total. The number of hydrogen-bond donors (Lipinski definition) is 1. The molecule has 2 aliphatic rings. The van der Waals surface area contributed by atoms with Gasteiger partial charge in [-0.25, -0.2) is 0 Å². The molecule has 0 bridgehead atoms. The molecule has 2 aromatic heterocycles. The number of H-pyrrole nitrogens is 1. The lowest BCUT2D eigenvalue weighted by atomic mass is 9.58. The van der Waals surface area contributed by atoms with Gasteiger partial charge in [0.2, 0.25) is 0 Å². The first-order valence-electron chi connectivity index (χ1n) is 8.53. The SMILES string of the molecule is Cc1[nH]nc2c1C(C)(c1cccnc1)C1=C(C2)CC(C)(C)CC1=O. The first-order chi connectivity index (χ1) is 11.3. The van der Waals surface area contributed by atoms with Crippen molar-refractivity contribution in [2.75, 3.05) is 0 Å². The summed E-state index contributed by atoms with van der Waals surface area (Å²) in [5, 5.41) is 7.69. The van der Waals surface area contributed by atoms with E-state index in [9.17, 15) is 4.79 Å². The third-order valence-corrected chi connectivity index (χ3v) is 5.61. The molecule has 0 aromatic carbocycles. The molecule has 2 heterocycles. The number of carbonyl (C=O) groups is 1. The molecule has 0 amide bonds. The summed E-state index contributed by atoms with van der Waals surface area (Å²) in [6, 6.07) is 4.02. The number of nitrogens with one attached hydrogen (secondary N) is 1. The van der Waals surface area contributed by atoms with E-state index in [1.807, 2.05) is 19.2 Å². The summed E-state index contributed by atoms with van der Waals surface area (Å²) in [6.45, 7) is 8.57. The summed E-state index contributed by atoms with van der Waals surface area (Å²) in [4.78, 5) is 17.5. The van der Waals surface area contributed by atoms with Crippen LogP contribution in [0.15, 0.2) is 35.7 Å². The highest BCUT2D eigenvalue weighted by atomic mass is 16.1. The van der Waals surface area contributed by atoms with E-state index < -0.39 is 5.41 Å². The number of hydrogen-bond acceptors (Lipinski definition) is 3. The zero-order valence-electron chi connectivity index (χ0n) is 14.7. The Balaban J connectivity index is 2.02. The summed E-state index contributed by atoms with van der Waals surface area (Å²) in [6.07, 6.45) is 6.00. The summed E-state index contributed by atoms with van der Waals surface area (Å²) < 4.78 is 0. The minimum absolute atomic E-state index is 0.0224. The topological polar surface area (TPSA) is 58.6 Å². The molecule has 1 N–H and O–H groups in total. The van der Waals surface area contributed by atoms with Gasteiger partial charge in [-0.1, -0.05) is 25.5 Å². The van der Waals surface area contributed by atoms with Gasteiger partial charge >= 0.3 is 0 Å². The molecule has 0 aliphatic heterocycles. The minimum Gasteiger partial charge on any atom is -0.294 e. The molecule has 2 aliphatic carbocycles. The molecule has 4 rings (SSSR count). The third kappa shape index (κ3) is 2.02. The molecule has 2 aromatic rings. The second-order valence-electron chi connectivity index (χ2n) is 8.13. The van der Waals surface area contributed by atoms with Crippen LogP contribution in [0.3, 0.4) is 0 Å². The van der Waals surface area contributed by atoms with E-state index in [2.05, 4.69) is 42.0 Å². The molecule has 0 spiro atoms. The number of rotatable bonds is 1. The Bertz CT molecular complexity index is 860. The maximum absolute atomic E-state index is 13.2. The predicted octanol–water partition coefficient (Wildman–Crippen LogP) is 3.66. The Labute approximate surface area is 142 Å². The van der Waals surface area contributed by atoms with Crippen molar-refractivity contribution in [2.24, 2.45) is 5.41 Å². The predicted molar refractivity (Wildman–Crippen MR) is 92.8 cm³/mol. The van der Waals surface area contributed by atoms with Crippen LogP contribution >= 0.6 is 0 Å². The molecule has 0 saturated carbocycles. The van der Waals surface area contributed by atoms with E-state index in [1.54, 1.807) is 6.20 Å². The Morgan fingerprint density at radius 1 is 1.21 bits per heavy atom. The van der Waals surface area contributed by atoms with E-state index in [4.69, 9.17) is 0 Å². The molecule has 0 radical (unpaired) electrons. The number of aryl methyl sites for hydroxylation is 1. The Hall–Kier alpha value is -2.23. The Morgan fingerprint density at radius 2 is 2.00 bits per heavy atom. The lowest BCUT2D eigenvalue weighted by molar-refractivity contribution is -0.118. The number of allylic oxidation sites excluding steroid dienone is 2. The largest absolute Gasteiger partial charge is 0.294 e. The summed E-state index contributed by atoms with van der Waals surface area (Å²) in [5.74, 6) is 0.277. The van der Waals surface area contributed by atoms with Crippen molar-refractivity contribution >= 4 is 5.78 Å². The number of carbonyl (C=O) groups excluding carboxylic acids is 1. The van der Waals surface area contributed by atoms with Gasteiger partial charge in [-0.2, -0.15) is 5.10 Å². The van der Waals surface area contributed by atoms with Crippen molar-refractivity contribution in [2.45, 2.75) is 52.4 Å². The second kappa shape index (κ2) is 4.88. The monoisotopic (exact) mass is 321 g/mol. The van der Waals surface area contributed by atoms with Crippen LogP contribution in [0.25, 0.3) is 0 Å². The number of pyridine rings is 1. The normalized spacial score (nSPS) is 25.4. The number of fused-ring (bicyclic) bond motifs is 1. The van der Waals surface area contributed by atoms with E-state index in [1.165, 1.54) is 5.57 Å². The van der Waals surface area contributed by atoms with Crippen LogP contribution < -0.4 is 0 Å². The Morgan fingerprint density at radius 3 is 2.71 bits per heavy atom. The molecule has 4 heteroatoms. The summed E-state index contributed by atoms with van der Waals surface area (Å²) in [7, 11) is 0. The van der Waals surface area contributed by atoms with Crippen LogP contribution in [-0.2, 0) is 16.6 Å². The highest BCUT2D eigenvalue weighted by Gasteiger charge is 2.48. The van der Waals surface area contributed by atoms with Gasteiger partial charge in [-0.15, -0.1) is 0 Å². The van der Waals surface area contributed by atoms with Gasteiger partial charge in [0.25, 0.3) is 0 Å². The maximum Gasteiger partial charge on any atom is 0.160 e. The van der Waals surface area contributed by atoms with Crippen molar-refractivity contribution in [1.82, 2.24) is 15.2 Å². The van der Waals surface area contributed by atoms with Gasteiger partial charge in [-0.05, 0) is 37.3 Å². The van der Waals surface area contributed by atoms with Crippen LogP contribution in [0.1, 0.15) is 56.1 Å². The van der Waals surface area contributed by atoms with Gasteiger partial charge in [0.1, 0.15) is 0 Å². The van der Waals surface area contributed by atoms with Crippen LogP contribution in [0.2, 0.25) is 0 Å². The van der Waals surface area contributed by atoms with Gasteiger partial charge in [0, 0.05) is 42.1 Å². The summed E-state index contributed by atoms with van der Waals surface area (Å²) >= 11 is 0. The third-order valence-electron chi connectivity index (χ3n) is 5.61. The quantitative estimate of drug-likeness (QED) is 0.872. The molecule has 1 atom stereocenters. The first-order valence-corrected chi connectivity index (χ1v) is 8.53. The van der Waals surface area contributed by atoms with Crippen molar-refractivity contribution < 1.29 is 4.79 Å². The second-order valence-corrected chi connectivity index (χ2v) is 8.13. The van der Waals surface area contributed by atoms with E-state index in [0.29, 0.717) is 6.42 Å². The molecular weight excluding hydrogens is 298 g/mol. The first kappa shape index (κ1) is 15.3. The molecule has 0 fully saturated rings. The maximum atomic E-state index is 13.2. The number of ketones is 1. The number of aromatic amines is 1. The van der Waals surface area contributed by atoms with Crippen LogP contribution in [-0.4, -0.2) is 21.0 Å². The molecule has 24 heavy (non-hydrogen) atoms. The van der Waals surface area contributed by atoms with Crippen LogP contribution in [0.4, 0.5) is 0 Å². The van der Waals surface area contributed by atoms with Gasteiger partial charge in [-0.3, -0.25) is 14.9 Å². The fourth-order valence-corrected chi connectivity index (χ4v) is 4.78. The fourth-order valence-electron chi connectivity index (χ4n) is 4.78. The molecule has 0 saturated heterocycles. The van der Waals surface area contributed by atoms with Gasteiger partial charge in [0.15, 0.2) is 5.78 Å². The van der Waals surface area contributed by atoms with Gasteiger partial charge < -0.3 is 0 Å². The highest BCUT2D eigenvalue weighted by molar-refractivity contribution is 6.01. The fraction of sp³-hybridized carbons (Fsp3) is 0.450. The van der Waals surface area contributed by atoms with Crippen LogP contribution in [0, 0.1) is 12.3 Å². The molecular formula is C20H23N3O. The van der Waals surface area contributed by atoms with E-state index in [-0.39, 0.29) is 11.2 Å². The molecule has 1 unspecified atom stereocenters. The average Bonchev–Trinajstić information content (AvgIpc) is 2.88. The van der Waals surface area contributed by atoms with E-state index in [0.717, 1.165) is 40.9 Å².